The van der Waals surface area contributed by atoms with Crippen LogP contribution in [-0.2, 0) is 9.53 Å². The number of ether oxygens (including phenoxy) is 1. The number of fused-ring (bicyclic) bond motifs is 1. The number of hydrogen-bond acceptors (Lipinski definition) is 4. The second-order valence-corrected chi connectivity index (χ2v) is 8.30. The van der Waals surface area contributed by atoms with Crippen molar-refractivity contribution in [3.05, 3.63) is 64.7 Å². The van der Waals surface area contributed by atoms with E-state index in [1.807, 2.05) is 49.4 Å². The van der Waals surface area contributed by atoms with Gasteiger partial charge < -0.3 is 9.64 Å². The highest BCUT2D eigenvalue weighted by molar-refractivity contribution is 6.30. The number of aromatic nitrogens is 1. The first kappa shape index (κ1) is 21.3. The molecule has 1 aromatic heterocycles. The normalized spacial score (nSPS) is 14.3. The summed E-state index contributed by atoms with van der Waals surface area (Å²) < 4.78 is 5.50. The molecule has 0 radical (unpaired) electrons. The number of carbonyl (C=O) groups excluding carboxylic acids is 2. The Labute approximate surface area is 187 Å². The van der Waals surface area contributed by atoms with Crippen molar-refractivity contribution in [1.29, 1.82) is 0 Å². The van der Waals surface area contributed by atoms with Crippen LogP contribution in [0.15, 0.2) is 48.5 Å². The Morgan fingerprint density at radius 3 is 2.52 bits per heavy atom. The molecule has 1 aliphatic heterocycles. The molecule has 4 rings (SSSR count). The Balaban J connectivity index is 1.65. The number of halogens is 1. The Bertz CT molecular complexity index is 1120. The van der Waals surface area contributed by atoms with Gasteiger partial charge >= 0.3 is 5.97 Å². The van der Waals surface area contributed by atoms with Gasteiger partial charge in [0.05, 0.1) is 16.8 Å². The van der Waals surface area contributed by atoms with Crippen LogP contribution < -0.4 is 0 Å². The highest BCUT2D eigenvalue weighted by Crippen LogP contribution is 2.31. The Kier molecular flexibility index (Phi) is 6.52. The third-order valence-corrected chi connectivity index (χ3v) is 5.96. The summed E-state index contributed by atoms with van der Waals surface area (Å²) >= 11 is 6.18. The number of benzene rings is 2. The molecule has 2 aromatic carbocycles. The van der Waals surface area contributed by atoms with E-state index in [2.05, 4.69) is 0 Å². The van der Waals surface area contributed by atoms with Crippen molar-refractivity contribution in [3.8, 4) is 11.3 Å². The van der Waals surface area contributed by atoms with Gasteiger partial charge in [0.2, 0.25) is 0 Å². The Morgan fingerprint density at radius 1 is 1.03 bits per heavy atom. The average Bonchev–Trinajstić information content (AvgIpc) is 3.06. The van der Waals surface area contributed by atoms with Crippen molar-refractivity contribution < 1.29 is 14.3 Å². The smallest absolute Gasteiger partial charge is 0.339 e. The molecule has 2 heterocycles. The summed E-state index contributed by atoms with van der Waals surface area (Å²) in [6.45, 7) is 3.06. The third kappa shape index (κ3) is 4.72. The van der Waals surface area contributed by atoms with E-state index < -0.39 is 5.97 Å². The minimum Gasteiger partial charge on any atom is -0.452 e. The lowest BCUT2D eigenvalue weighted by molar-refractivity contribution is -0.134. The maximum absolute atomic E-state index is 13.1. The molecule has 0 aliphatic carbocycles. The number of rotatable bonds is 4. The van der Waals surface area contributed by atoms with Gasteiger partial charge in [-0.2, -0.15) is 0 Å². The number of carbonyl (C=O) groups is 2. The van der Waals surface area contributed by atoms with Gasteiger partial charge in [0.25, 0.3) is 5.91 Å². The molecule has 0 atom stereocenters. The predicted molar refractivity (Wildman–Crippen MR) is 122 cm³/mol. The van der Waals surface area contributed by atoms with E-state index in [-0.39, 0.29) is 12.5 Å². The Hall–Kier alpha value is -2.92. The second-order valence-electron chi connectivity index (χ2n) is 7.86. The van der Waals surface area contributed by atoms with Gasteiger partial charge in [-0.25, -0.2) is 9.78 Å². The first-order valence-corrected chi connectivity index (χ1v) is 11.0. The average molecular weight is 437 g/mol. The van der Waals surface area contributed by atoms with E-state index >= 15 is 0 Å². The number of amides is 1. The first-order valence-electron chi connectivity index (χ1n) is 10.6. The molecule has 3 aromatic rings. The van der Waals surface area contributed by atoms with Gasteiger partial charge in [-0.3, -0.25) is 4.79 Å². The van der Waals surface area contributed by atoms with Gasteiger partial charge in [-0.15, -0.1) is 0 Å². The van der Waals surface area contributed by atoms with Crippen LogP contribution in [0.1, 0.15) is 41.6 Å². The molecule has 0 unspecified atom stereocenters. The lowest BCUT2D eigenvalue weighted by atomic mass is 9.98. The summed E-state index contributed by atoms with van der Waals surface area (Å²) in [5.74, 6) is -0.649. The van der Waals surface area contributed by atoms with E-state index in [1.165, 1.54) is 0 Å². The maximum atomic E-state index is 13.1. The molecular weight excluding hydrogens is 412 g/mol. The van der Waals surface area contributed by atoms with Crippen molar-refractivity contribution in [2.75, 3.05) is 19.7 Å². The summed E-state index contributed by atoms with van der Waals surface area (Å²) in [4.78, 5) is 32.3. The SMILES string of the molecule is Cc1c(-c2cccc(Cl)c2)nc2ccccc2c1C(=O)OCC(=O)N1CCCCCC1. The minimum absolute atomic E-state index is 0.138. The zero-order valence-corrected chi connectivity index (χ0v) is 18.3. The zero-order valence-electron chi connectivity index (χ0n) is 17.6. The summed E-state index contributed by atoms with van der Waals surface area (Å²) in [7, 11) is 0. The fourth-order valence-electron chi connectivity index (χ4n) is 4.10. The van der Waals surface area contributed by atoms with E-state index in [4.69, 9.17) is 21.3 Å². The highest BCUT2D eigenvalue weighted by Gasteiger charge is 2.22. The first-order chi connectivity index (χ1) is 15.0. The second kappa shape index (κ2) is 9.48. The lowest BCUT2D eigenvalue weighted by Gasteiger charge is -2.20. The van der Waals surface area contributed by atoms with Crippen LogP contribution in [0, 0.1) is 6.92 Å². The quantitative estimate of drug-likeness (QED) is 0.512. The summed E-state index contributed by atoms with van der Waals surface area (Å²) in [6.07, 6.45) is 4.27. The minimum atomic E-state index is -0.512. The van der Waals surface area contributed by atoms with Crippen LogP contribution in [0.25, 0.3) is 22.2 Å². The van der Waals surface area contributed by atoms with Gasteiger partial charge in [0.1, 0.15) is 0 Å². The van der Waals surface area contributed by atoms with Crippen LogP contribution in [-0.4, -0.2) is 41.5 Å². The molecule has 0 spiro atoms. The predicted octanol–water partition coefficient (Wildman–Crippen LogP) is 5.42. The van der Waals surface area contributed by atoms with E-state index in [0.29, 0.717) is 32.7 Å². The topological polar surface area (TPSA) is 59.5 Å². The standard InChI is InChI=1S/C25H25ClN2O3/c1-17-23(25(30)31-16-22(29)28-13-6-2-3-7-14-28)20-11-4-5-12-21(20)27-24(17)18-9-8-10-19(26)15-18/h4-5,8-12,15H,2-3,6-7,13-14,16H2,1H3. The Morgan fingerprint density at radius 2 is 1.77 bits per heavy atom. The van der Waals surface area contributed by atoms with Crippen LogP contribution in [0.4, 0.5) is 0 Å². The number of hydrogen-bond donors (Lipinski definition) is 0. The van der Waals surface area contributed by atoms with Crippen LogP contribution in [0.3, 0.4) is 0 Å². The summed E-state index contributed by atoms with van der Waals surface area (Å²) in [5.41, 5.74) is 3.32. The fourth-order valence-corrected chi connectivity index (χ4v) is 4.29. The van der Waals surface area contributed by atoms with Gasteiger partial charge in [-0.1, -0.05) is 54.8 Å². The number of likely N-dealkylation sites (tertiary alicyclic amines) is 1. The third-order valence-electron chi connectivity index (χ3n) is 5.72. The van der Waals surface area contributed by atoms with Crippen LogP contribution in [0.5, 0.6) is 0 Å². The molecule has 160 valence electrons. The largest absolute Gasteiger partial charge is 0.452 e. The highest BCUT2D eigenvalue weighted by atomic mass is 35.5. The number of para-hydroxylation sites is 1. The number of nitrogens with zero attached hydrogens (tertiary/aromatic N) is 2. The van der Waals surface area contributed by atoms with Gasteiger partial charge in [0.15, 0.2) is 6.61 Å². The van der Waals surface area contributed by atoms with Crippen molar-refractivity contribution in [1.82, 2.24) is 9.88 Å². The maximum Gasteiger partial charge on any atom is 0.339 e. The monoisotopic (exact) mass is 436 g/mol. The van der Waals surface area contributed by atoms with Crippen molar-refractivity contribution >= 4 is 34.4 Å². The summed E-state index contributed by atoms with van der Waals surface area (Å²) in [6, 6.07) is 14.8. The fraction of sp³-hybridized carbons (Fsp3) is 0.320. The van der Waals surface area contributed by atoms with E-state index in [0.717, 1.165) is 44.3 Å². The molecule has 6 heteroatoms. The van der Waals surface area contributed by atoms with E-state index in [9.17, 15) is 9.59 Å². The molecule has 1 amide bonds. The molecule has 31 heavy (non-hydrogen) atoms. The lowest BCUT2D eigenvalue weighted by Crippen LogP contribution is -2.35. The van der Waals surface area contributed by atoms with Crippen molar-refractivity contribution in [3.63, 3.8) is 0 Å². The molecule has 0 bridgehead atoms. The molecule has 1 saturated heterocycles. The van der Waals surface area contributed by atoms with E-state index in [1.54, 1.807) is 11.0 Å². The molecule has 0 N–H and O–H groups in total. The van der Waals surface area contributed by atoms with Gasteiger partial charge in [-0.05, 0) is 43.5 Å². The zero-order chi connectivity index (χ0) is 21.8. The number of pyridine rings is 1. The molecule has 1 aliphatic rings. The van der Waals surface area contributed by atoms with Crippen molar-refractivity contribution in [2.45, 2.75) is 32.6 Å². The van der Waals surface area contributed by atoms with Crippen LogP contribution in [0.2, 0.25) is 5.02 Å². The van der Waals surface area contributed by atoms with Gasteiger partial charge in [0, 0.05) is 29.1 Å². The summed E-state index contributed by atoms with van der Waals surface area (Å²) in [5, 5.41) is 1.30. The molecule has 5 nitrogen and oxygen atoms in total. The molecule has 1 fully saturated rings. The van der Waals surface area contributed by atoms with Crippen LogP contribution >= 0.6 is 11.6 Å². The van der Waals surface area contributed by atoms with Crippen molar-refractivity contribution in [2.24, 2.45) is 0 Å². The number of esters is 1. The molecule has 0 saturated carbocycles. The molecular formula is C25H25ClN2O3.